The van der Waals surface area contributed by atoms with Crippen molar-refractivity contribution in [1.82, 2.24) is 9.97 Å². The van der Waals surface area contributed by atoms with Gasteiger partial charge in [0.05, 0.1) is 21.8 Å². The molecular weight excluding hydrogens is 420 g/mol. The maximum absolute atomic E-state index is 12.9. The first-order valence-corrected chi connectivity index (χ1v) is 11.0. The SMILES string of the molecule is O=c1nc(-c2ccc(-c3ccccc3)cc2)c2c(=O)nc(-c3ccc(-c4ccccc4)cc3)c1=2. The van der Waals surface area contributed by atoms with E-state index in [1.165, 1.54) is 0 Å². The molecule has 0 amide bonds. The number of hydrogen-bond acceptors (Lipinski definition) is 4. The van der Waals surface area contributed by atoms with E-state index in [2.05, 4.69) is 9.97 Å². The summed E-state index contributed by atoms with van der Waals surface area (Å²) < 4.78 is 0. The van der Waals surface area contributed by atoms with Crippen LogP contribution < -0.4 is 11.1 Å². The van der Waals surface area contributed by atoms with E-state index in [0.29, 0.717) is 21.8 Å². The number of rotatable bonds is 4. The minimum absolute atomic E-state index is 0.291. The molecule has 0 saturated heterocycles. The smallest absolute Gasteiger partial charge is 0.267 e. The molecule has 2 aliphatic heterocycles. The van der Waals surface area contributed by atoms with E-state index >= 15 is 0 Å². The average Bonchev–Trinajstić information content (AvgIpc) is 3.43. The first kappa shape index (κ1) is 19.9. The summed E-state index contributed by atoms with van der Waals surface area (Å²) in [5.41, 5.74) is 5.69. The molecule has 4 heteroatoms. The monoisotopic (exact) mass is 438 g/mol. The van der Waals surface area contributed by atoms with Crippen LogP contribution in [0.5, 0.6) is 0 Å². The molecule has 2 heterocycles. The highest BCUT2D eigenvalue weighted by molar-refractivity contribution is 5.72. The van der Waals surface area contributed by atoms with Crippen LogP contribution in [0.1, 0.15) is 0 Å². The molecule has 4 aromatic rings. The summed E-state index contributed by atoms with van der Waals surface area (Å²) in [5.74, 6) is 0. The number of hydrogen-bond donors (Lipinski definition) is 0. The van der Waals surface area contributed by atoms with Crippen LogP contribution in [0.25, 0.3) is 44.8 Å². The molecule has 0 aliphatic carbocycles. The molecule has 0 saturated carbocycles. The molecule has 0 unspecified atom stereocenters. The third-order valence-electron chi connectivity index (χ3n) is 6.11. The van der Waals surface area contributed by atoms with Crippen molar-refractivity contribution in [3.05, 3.63) is 140 Å². The summed E-state index contributed by atoms with van der Waals surface area (Å²) in [7, 11) is 0. The summed E-state index contributed by atoms with van der Waals surface area (Å²) in [5, 5.41) is 0.583. The van der Waals surface area contributed by atoms with Crippen LogP contribution in [-0.4, -0.2) is 9.97 Å². The summed E-state index contributed by atoms with van der Waals surface area (Å²) in [6.45, 7) is 0. The maximum atomic E-state index is 12.9. The van der Waals surface area contributed by atoms with Crippen molar-refractivity contribution in [3.63, 3.8) is 0 Å². The second-order valence-corrected chi connectivity index (χ2v) is 8.17. The molecule has 0 aromatic heterocycles. The predicted octanol–water partition coefficient (Wildman–Crippen LogP) is 5.47. The Hall–Kier alpha value is -4.70. The van der Waals surface area contributed by atoms with E-state index < -0.39 is 11.1 Å². The maximum Gasteiger partial charge on any atom is 0.280 e. The standard InChI is InChI=1S/C30H18N2O2/c33-29-25-26(28(32-29)24-17-13-22(14-18-24)20-9-5-2-6-10-20)30(34)31-27(25)23-15-11-21(12-16-23)19-7-3-1-4-8-19/h1-18H. The van der Waals surface area contributed by atoms with Gasteiger partial charge in [0.25, 0.3) is 11.1 Å². The van der Waals surface area contributed by atoms with Gasteiger partial charge in [-0.25, -0.2) is 9.97 Å². The van der Waals surface area contributed by atoms with Crippen molar-refractivity contribution in [1.29, 1.82) is 0 Å². The van der Waals surface area contributed by atoms with Crippen molar-refractivity contribution in [2.45, 2.75) is 0 Å². The predicted molar refractivity (Wildman–Crippen MR) is 134 cm³/mol. The third-order valence-corrected chi connectivity index (χ3v) is 6.11. The summed E-state index contributed by atoms with van der Waals surface area (Å²) in [6.07, 6.45) is 0. The molecule has 0 bridgehead atoms. The summed E-state index contributed by atoms with van der Waals surface area (Å²) >= 11 is 0. The minimum Gasteiger partial charge on any atom is -0.267 e. The lowest BCUT2D eigenvalue weighted by Gasteiger charge is -2.02. The third kappa shape index (κ3) is 3.33. The molecule has 34 heavy (non-hydrogen) atoms. The second kappa shape index (κ2) is 8.01. The van der Waals surface area contributed by atoms with E-state index in [1.807, 2.05) is 109 Å². The van der Waals surface area contributed by atoms with Gasteiger partial charge in [-0.05, 0) is 22.3 Å². The molecule has 0 fully saturated rings. The van der Waals surface area contributed by atoms with Gasteiger partial charge in [0.2, 0.25) is 0 Å². The molecular formula is C30H18N2O2. The fraction of sp³-hybridized carbons (Fsp3) is 0. The van der Waals surface area contributed by atoms with Crippen molar-refractivity contribution < 1.29 is 0 Å². The van der Waals surface area contributed by atoms with Gasteiger partial charge < -0.3 is 0 Å². The van der Waals surface area contributed by atoms with Gasteiger partial charge in [0, 0.05) is 11.1 Å². The van der Waals surface area contributed by atoms with Gasteiger partial charge in [-0.1, -0.05) is 109 Å². The van der Waals surface area contributed by atoms with Gasteiger partial charge in [-0.15, -0.1) is 0 Å². The fourth-order valence-electron chi connectivity index (χ4n) is 4.40. The molecule has 160 valence electrons. The van der Waals surface area contributed by atoms with E-state index in [-0.39, 0.29) is 0 Å². The average molecular weight is 438 g/mol. The lowest BCUT2D eigenvalue weighted by Crippen LogP contribution is -2.04. The van der Waals surface area contributed by atoms with Crippen LogP contribution in [0.15, 0.2) is 119 Å². The molecule has 0 spiro atoms. The lowest BCUT2D eigenvalue weighted by molar-refractivity contribution is 1.23. The number of benzene rings is 4. The van der Waals surface area contributed by atoms with Gasteiger partial charge in [0.15, 0.2) is 0 Å². The molecule has 0 radical (unpaired) electrons. The van der Waals surface area contributed by atoms with E-state index in [9.17, 15) is 9.59 Å². The molecule has 4 aromatic carbocycles. The van der Waals surface area contributed by atoms with E-state index in [0.717, 1.165) is 33.4 Å². The van der Waals surface area contributed by atoms with Crippen LogP contribution in [-0.2, 0) is 0 Å². The molecule has 0 atom stereocenters. The number of aromatic nitrogens is 2. The van der Waals surface area contributed by atoms with Gasteiger partial charge in [0.1, 0.15) is 0 Å². The Balaban J connectivity index is 1.43. The largest absolute Gasteiger partial charge is 0.280 e. The Kier molecular flexibility index (Phi) is 4.70. The van der Waals surface area contributed by atoms with Crippen LogP contribution in [0.4, 0.5) is 0 Å². The fourth-order valence-corrected chi connectivity index (χ4v) is 4.40. The first-order valence-electron chi connectivity index (χ1n) is 11.0. The summed E-state index contributed by atoms with van der Waals surface area (Å²) in [6, 6.07) is 35.5. The lowest BCUT2D eigenvalue weighted by atomic mass is 10.0. The zero-order chi connectivity index (χ0) is 23.1. The molecule has 0 N–H and O–H groups in total. The van der Waals surface area contributed by atoms with Crippen LogP contribution in [0, 0.1) is 10.4 Å². The van der Waals surface area contributed by atoms with E-state index in [1.54, 1.807) is 0 Å². The summed E-state index contributed by atoms with van der Waals surface area (Å²) in [4.78, 5) is 34.2. The van der Waals surface area contributed by atoms with Crippen LogP contribution in [0.3, 0.4) is 0 Å². The van der Waals surface area contributed by atoms with Crippen molar-refractivity contribution in [2.75, 3.05) is 0 Å². The Labute approximate surface area is 195 Å². The highest BCUT2D eigenvalue weighted by Gasteiger charge is 2.19. The Morgan fingerprint density at radius 1 is 0.353 bits per heavy atom. The molecule has 2 aliphatic rings. The number of nitrogens with zero attached hydrogens (tertiary/aromatic N) is 2. The Bertz CT molecular complexity index is 1620. The zero-order valence-electron chi connectivity index (χ0n) is 18.1. The van der Waals surface area contributed by atoms with Gasteiger partial charge in [-0.2, -0.15) is 0 Å². The minimum atomic E-state index is -0.422. The topological polar surface area (TPSA) is 59.9 Å². The van der Waals surface area contributed by atoms with E-state index in [4.69, 9.17) is 0 Å². The van der Waals surface area contributed by atoms with Crippen LogP contribution >= 0.6 is 0 Å². The highest BCUT2D eigenvalue weighted by atomic mass is 16.1. The normalized spacial score (nSPS) is 11.2. The molecule has 4 nitrogen and oxygen atoms in total. The molecule has 6 rings (SSSR count). The van der Waals surface area contributed by atoms with Crippen LogP contribution in [0.2, 0.25) is 0 Å². The van der Waals surface area contributed by atoms with Gasteiger partial charge >= 0.3 is 0 Å². The van der Waals surface area contributed by atoms with Crippen molar-refractivity contribution in [3.8, 4) is 44.8 Å². The quantitative estimate of drug-likeness (QED) is 0.366. The van der Waals surface area contributed by atoms with Gasteiger partial charge in [-0.3, -0.25) is 9.59 Å². The highest BCUT2D eigenvalue weighted by Crippen LogP contribution is 2.27. The van der Waals surface area contributed by atoms with Crippen molar-refractivity contribution in [2.24, 2.45) is 0 Å². The first-order chi connectivity index (χ1) is 16.7. The van der Waals surface area contributed by atoms with Crippen molar-refractivity contribution >= 4 is 0 Å². The Morgan fingerprint density at radius 3 is 1.00 bits per heavy atom. The second-order valence-electron chi connectivity index (χ2n) is 8.17. The zero-order valence-corrected chi connectivity index (χ0v) is 18.1. The Morgan fingerprint density at radius 2 is 0.647 bits per heavy atom.